The van der Waals surface area contributed by atoms with Gasteiger partial charge in [-0.15, -0.1) is 0 Å². The number of β-amino-alcohol motifs (C(OH)–C–C–N with tert-alkyl or cyclic N) is 1. The van der Waals surface area contributed by atoms with Crippen LogP contribution in [-0.4, -0.2) is 65.6 Å². The Hall–Kier alpha value is -2.08. The second kappa shape index (κ2) is 8.68. The van der Waals surface area contributed by atoms with E-state index in [1.807, 2.05) is 18.2 Å². The van der Waals surface area contributed by atoms with Gasteiger partial charge in [0, 0.05) is 26.6 Å². The van der Waals surface area contributed by atoms with Gasteiger partial charge >= 0.3 is 0 Å². The summed E-state index contributed by atoms with van der Waals surface area (Å²) >= 11 is 0. The third-order valence-corrected chi connectivity index (χ3v) is 4.21. The van der Waals surface area contributed by atoms with E-state index in [2.05, 4.69) is 6.92 Å². The van der Waals surface area contributed by atoms with E-state index in [0.29, 0.717) is 12.3 Å². The summed E-state index contributed by atoms with van der Waals surface area (Å²) in [5.74, 6) is 0.208. The fraction of sp³-hybridized carbons (Fsp3) is 0.556. The summed E-state index contributed by atoms with van der Waals surface area (Å²) in [7, 11) is 1.74. The van der Waals surface area contributed by atoms with E-state index in [0.717, 1.165) is 12.8 Å². The lowest BCUT2D eigenvalue weighted by atomic mass is 10.1. The summed E-state index contributed by atoms with van der Waals surface area (Å²) in [5, 5.41) is 9.91. The van der Waals surface area contributed by atoms with Crippen LogP contribution in [0.25, 0.3) is 0 Å². The maximum atomic E-state index is 12.6. The molecule has 0 aromatic heterocycles. The Morgan fingerprint density at radius 1 is 1.33 bits per heavy atom. The normalized spacial score (nSPS) is 20.0. The zero-order valence-corrected chi connectivity index (χ0v) is 14.4. The number of likely N-dealkylation sites (tertiary alicyclic amines) is 1. The van der Waals surface area contributed by atoms with Crippen LogP contribution in [0.15, 0.2) is 30.3 Å². The van der Waals surface area contributed by atoms with Gasteiger partial charge in [0.2, 0.25) is 5.91 Å². The molecule has 1 N–H and O–H groups in total. The second-order valence-corrected chi connectivity index (χ2v) is 6.17. The van der Waals surface area contributed by atoms with E-state index >= 15 is 0 Å². The van der Waals surface area contributed by atoms with E-state index in [-0.39, 0.29) is 31.4 Å². The number of carbonyl (C=O) groups is 2. The van der Waals surface area contributed by atoms with Gasteiger partial charge in [0.25, 0.3) is 5.91 Å². The number of unbranched alkanes of at least 4 members (excludes halogenated alkanes) is 1. The SMILES string of the molecule is CCCCN(C)C(=O)[C@@H]1C[C@H](O)CN1C(=O)COc1ccccc1. The van der Waals surface area contributed by atoms with Crippen molar-refractivity contribution in [2.45, 2.75) is 38.3 Å². The molecule has 1 saturated heterocycles. The van der Waals surface area contributed by atoms with Crippen molar-refractivity contribution in [2.24, 2.45) is 0 Å². The van der Waals surface area contributed by atoms with Crippen LogP contribution in [0.3, 0.4) is 0 Å². The monoisotopic (exact) mass is 334 g/mol. The van der Waals surface area contributed by atoms with E-state index < -0.39 is 12.1 Å². The smallest absolute Gasteiger partial charge is 0.261 e. The molecule has 6 heteroatoms. The van der Waals surface area contributed by atoms with Gasteiger partial charge in [-0.25, -0.2) is 0 Å². The maximum Gasteiger partial charge on any atom is 0.261 e. The van der Waals surface area contributed by atoms with Crippen LogP contribution in [0.5, 0.6) is 5.75 Å². The minimum atomic E-state index is -0.667. The van der Waals surface area contributed by atoms with Crippen LogP contribution >= 0.6 is 0 Å². The number of hydrogen-bond acceptors (Lipinski definition) is 4. The quantitative estimate of drug-likeness (QED) is 0.816. The van der Waals surface area contributed by atoms with Gasteiger partial charge in [-0.1, -0.05) is 31.5 Å². The molecule has 2 rings (SSSR count). The van der Waals surface area contributed by atoms with Crippen molar-refractivity contribution in [1.29, 1.82) is 0 Å². The Labute approximate surface area is 143 Å². The molecule has 2 amide bonds. The lowest BCUT2D eigenvalue weighted by Gasteiger charge is -2.27. The molecular formula is C18H26N2O4. The van der Waals surface area contributed by atoms with Crippen LogP contribution in [0, 0.1) is 0 Å². The summed E-state index contributed by atoms with van der Waals surface area (Å²) < 4.78 is 5.47. The fourth-order valence-corrected chi connectivity index (χ4v) is 2.83. The number of likely N-dealkylation sites (N-methyl/N-ethyl adjacent to an activating group) is 1. The van der Waals surface area contributed by atoms with Crippen molar-refractivity contribution in [3.63, 3.8) is 0 Å². The second-order valence-electron chi connectivity index (χ2n) is 6.17. The van der Waals surface area contributed by atoms with E-state index in [1.165, 1.54) is 4.90 Å². The molecule has 0 saturated carbocycles. The Morgan fingerprint density at radius 3 is 2.71 bits per heavy atom. The number of benzene rings is 1. The van der Waals surface area contributed by atoms with Crippen LogP contribution in [-0.2, 0) is 9.59 Å². The molecule has 0 unspecified atom stereocenters. The molecule has 0 radical (unpaired) electrons. The molecule has 0 bridgehead atoms. The number of ether oxygens (including phenoxy) is 1. The zero-order valence-electron chi connectivity index (χ0n) is 14.4. The summed E-state index contributed by atoms with van der Waals surface area (Å²) in [6, 6.07) is 8.46. The lowest BCUT2D eigenvalue weighted by molar-refractivity contribution is -0.144. The molecule has 1 aliphatic heterocycles. The topological polar surface area (TPSA) is 70.1 Å². The van der Waals surface area contributed by atoms with Gasteiger partial charge in [0.15, 0.2) is 6.61 Å². The molecule has 1 aromatic carbocycles. The van der Waals surface area contributed by atoms with E-state index in [1.54, 1.807) is 24.1 Å². The molecule has 1 aromatic rings. The first-order valence-corrected chi connectivity index (χ1v) is 8.43. The molecule has 6 nitrogen and oxygen atoms in total. The highest BCUT2D eigenvalue weighted by Gasteiger charge is 2.40. The Bertz CT molecular complexity index is 549. The van der Waals surface area contributed by atoms with E-state index in [9.17, 15) is 14.7 Å². The highest BCUT2D eigenvalue weighted by Crippen LogP contribution is 2.20. The highest BCUT2D eigenvalue weighted by molar-refractivity contribution is 5.88. The molecule has 1 aliphatic rings. The van der Waals surface area contributed by atoms with Gasteiger partial charge in [0.05, 0.1) is 6.10 Å². The third kappa shape index (κ3) is 4.71. The standard InChI is InChI=1S/C18H26N2O4/c1-3-4-10-19(2)18(23)16-11-14(21)12-20(16)17(22)13-24-15-8-6-5-7-9-15/h5-9,14,16,21H,3-4,10-13H2,1-2H3/t14-,16-/m0/s1. The Balaban J connectivity index is 1.95. The highest BCUT2D eigenvalue weighted by atomic mass is 16.5. The van der Waals surface area contributed by atoms with Crippen molar-refractivity contribution < 1.29 is 19.4 Å². The Morgan fingerprint density at radius 2 is 2.04 bits per heavy atom. The van der Waals surface area contributed by atoms with Gasteiger partial charge in [-0.2, -0.15) is 0 Å². The predicted molar refractivity (Wildman–Crippen MR) is 90.6 cm³/mol. The average Bonchev–Trinajstić information content (AvgIpc) is 2.99. The van der Waals surface area contributed by atoms with Crippen LogP contribution < -0.4 is 4.74 Å². The van der Waals surface area contributed by atoms with Crippen molar-refractivity contribution in [2.75, 3.05) is 26.7 Å². The Kier molecular flexibility index (Phi) is 6.61. The zero-order chi connectivity index (χ0) is 17.5. The predicted octanol–water partition coefficient (Wildman–Crippen LogP) is 1.29. The van der Waals surface area contributed by atoms with Crippen LogP contribution in [0.2, 0.25) is 0 Å². The minimum absolute atomic E-state index is 0.118. The van der Waals surface area contributed by atoms with Crippen molar-refractivity contribution >= 4 is 11.8 Å². The molecule has 1 heterocycles. The summed E-state index contributed by atoms with van der Waals surface area (Å²) in [6.07, 6.45) is 1.53. The molecule has 1 fully saturated rings. The van der Waals surface area contributed by atoms with Gasteiger partial charge in [-0.05, 0) is 18.6 Å². The molecular weight excluding hydrogens is 308 g/mol. The molecule has 2 atom stereocenters. The van der Waals surface area contributed by atoms with Crippen molar-refractivity contribution in [3.8, 4) is 5.75 Å². The first-order chi connectivity index (χ1) is 11.5. The summed E-state index contributed by atoms with van der Waals surface area (Å²) in [6.45, 7) is 2.76. The molecule has 0 aliphatic carbocycles. The fourth-order valence-electron chi connectivity index (χ4n) is 2.83. The van der Waals surface area contributed by atoms with Gasteiger partial charge in [0.1, 0.15) is 11.8 Å². The summed E-state index contributed by atoms with van der Waals surface area (Å²) in [5.41, 5.74) is 0. The van der Waals surface area contributed by atoms with Gasteiger partial charge in [-0.3, -0.25) is 9.59 Å². The number of carbonyl (C=O) groups excluding carboxylic acids is 2. The number of aliphatic hydroxyl groups excluding tert-OH is 1. The first-order valence-electron chi connectivity index (χ1n) is 8.43. The first kappa shape index (κ1) is 18.3. The minimum Gasteiger partial charge on any atom is -0.484 e. The lowest BCUT2D eigenvalue weighted by Crippen LogP contribution is -2.48. The number of hydrogen-bond donors (Lipinski definition) is 1. The van der Waals surface area contributed by atoms with Crippen molar-refractivity contribution in [3.05, 3.63) is 30.3 Å². The average molecular weight is 334 g/mol. The molecule has 0 spiro atoms. The largest absolute Gasteiger partial charge is 0.484 e. The number of para-hydroxylation sites is 1. The number of nitrogens with zero attached hydrogens (tertiary/aromatic N) is 2. The third-order valence-electron chi connectivity index (χ3n) is 4.21. The van der Waals surface area contributed by atoms with Crippen molar-refractivity contribution in [1.82, 2.24) is 9.80 Å². The number of aliphatic hydroxyl groups is 1. The van der Waals surface area contributed by atoms with E-state index in [4.69, 9.17) is 4.74 Å². The molecule has 24 heavy (non-hydrogen) atoms. The maximum absolute atomic E-state index is 12.6. The van der Waals surface area contributed by atoms with Crippen LogP contribution in [0.1, 0.15) is 26.2 Å². The number of rotatable bonds is 7. The number of amides is 2. The molecule has 132 valence electrons. The van der Waals surface area contributed by atoms with Crippen LogP contribution in [0.4, 0.5) is 0 Å². The summed E-state index contributed by atoms with van der Waals surface area (Å²) in [4.78, 5) is 28.1. The van der Waals surface area contributed by atoms with Gasteiger partial charge < -0.3 is 19.6 Å².